The molecular weight excluding hydrogens is 396 g/mol. The zero-order chi connectivity index (χ0) is 19.7. The fraction of sp³-hybridized carbons (Fsp3) is 0.105. The Morgan fingerprint density at radius 1 is 1.18 bits per heavy atom. The molecular formula is C19H15ClN6OS. The highest BCUT2D eigenvalue weighted by molar-refractivity contribution is 7.13. The van der Waals surface area contributed by atoms with Crippen molar-refractivity contribution in [1.29, 1.82) is 0 Å². The summed E-state index contributed by atoms with van der Waals surface area (Å²) in [5.74, 6) is 0.380. The number of hydrogen-bond donors (Lipinski definition) is 1. The fourth-order valence-electron chi connectivity index (χ4n) is 2.70. The largest absolute Gasteiger partial charge is 0.321 e. The number of nitrogens with zero attached hydrogens (tertiary/aromatic N) is 5. The van der Waals surface area contributed by atoms with Gasteiger partial charge in [0.2, 0.25) is 0 Å². The van der Waals surface area contributed by atoms with Crippen LogP contribution in [0, 0.1) is 13.8 Å². The van der Waals surface area contributed by atoms with E-state index in [1.165, 1.54) is 11.3 Å². The topological polar surface area (TPSA) is 85.6 Å². The number of rotatable bonds is 4. The zero-order valence-corrected chi connectivity index (χ0v) is 16.6. The lowest BCUT2D eigenvalue weighted by Gasteiger charge is -2.09. The second kappa shape index (κ2) is 7.49. The summed E-state index contributed by atoms with van der Waals surface area (Å²) in [7, 11) is 0. The van der Waals surface area contributed by atoms with Crippen LogP contribution in [0.15, 0.2) is 47.8 Å². The van der Waals surface area contributed by atoms with Crippen LogP contribution in [-0.2, 0) is 0 Å². The van der Waals surface area contributed by atoms with Crippen LogP contribution >= 0.6 is 22.9 Å². The number of carbonyl (C=O) groups is 1. The first-order valence-electron chi connectivity index (χ1n) is 8.40. The van der Waals surface area contributed by atoms with Gasteiger partial charge in [-0.1, -0.05) is 29.8 Å². The highest BCUT2D eigenvalue weighted by Crippen LogP contribution is 2.26. The van der Waals surface area contributed by atoms with Crippen LogP contribution in [0.3, 0.4) is 0 Å². The second-order valence-corrected chi connectivity index (χ2v) is 7.44. The Hall–Kier alpha value is -3.10. The average Bonchev–Trinajstić information content (AvgIpc) is 3.33. The van der Waals surface area contributed by atoms with Crippen molar-refractivity contribution in [2.75, 3.05) is 5.32 Å². The van der Waals surface area contributed by atoms with Crippen molar-refractivity contribution in [3.63, 3.8) is 0 Å². The van der Waals surface area contributed by atoms with Gasteiger partial charge in [-0.05, 0) is 54.1 Å². The normalized spacial score (nSPS) is 10.8. The molecule has 0 aliphatic rings. The van der Waals surface area contributed by atoms with Crippen molar-refractivity contribution in [1.82, 2.24) is 25.2 Å². The molecule has 0 aliphatic carbocycles. The van der Waals surface area contributed by atoms with Gasteiger partial charge in [-0.3, -0.25) is 4.79 Å². The molecule has 0 radical (unpaired) electrons. The van der Waals surface area contributed by atoms with Crippen LogP contribution in [0.4, 0.5) is 5.69 Å². The zero-order valence-electron chi connectivity index (χ0n) is 15.0. The Bertz CT molecular complexity index is 1170. The molecule has 0 fully saturated rings. The van der Waals surface area contributed by atoms with Gasteiger partial charge < -0.3 is 5.32 Å². The lowest BCUT2D eigenvalue weighted by Crippen LogP contribution is -2.13. The number of aryl methyl sites for hydroxylation is 2. The molecule has 0 saturated carbocycles. The Kier molecular flexibility index (Phi) is 4.89. The summed E-state index contributed by atoms with van der Waals surface area (Å²) in [5.41, 5.74) is 3.66. The molecule has 2 heterocycles. The molecule has 1 amide bonds. The first kappa shape index (κ1) is 18.3. The minimum atomic E-state index is -0.284. The van der Waals surface area contributed by atoms with E-state index >= 15 is 0 Å². The van der Waals surface area contributed by atoms with E-state index in [1.807, 2.05) is 50.2 Å². The molecule has 0 aliphatic heterocycles. The third-order valence-corrected chi connectivity index (χ3v) is 5.26. The third kappa shape index (κ3) is 3.64. The number of thiazole rings is 1. The van der Waals surface area contributed by atoms with E-state index in [1.54, 1.807) is 16.1 Å². The van der Waals surface area contributed by atoms with Gasteiger partial charge in [-0.2, -0.15) is 4.68 Å². The number of halogens is 1. The maximum absolute atomic E-state index is 12.6. The van der Waals surface area contributed by atoms with E-state index < -0.39 is 0 Å². The van der Waals surface area contributed by atoms with Crippen molar-refractivity contribution in [2.24, 2.45) is 0 Å². The van der Waals surface area contributed by atoms with E-state index in [9.17, 15) is 4.79 Å². The predicted molar refractivity (Wildman–Crippen MR) is 109 cm³/mol. The monoisotopic (exact) mass is 410 g/mol. The number of amides is 1. The molecule has 4 rings (SSSR count). The van der Waals surface area contributed by atoms with Crippen LogP contribution in [0.1, 0.15) is 21.9 Å². The van der Waals surface area contributed by atoms with Crippen molar-refractivity contribution in [3.8, 4) is 16.3 Å². The number of tetrazole rings is 1. The molecule has 9 heteroatoms. The van der Waals surface area contributed by atoms with Gasteiger partial charge >= 0.3 is 0 Å². The van der Waals surface area contributed by atoms with E-state index in [4.69, 9.17) is 11.6 Å². The summed E-state index contributed by atoms with van der Waals surface area (Å²) in [6, 6.07) is 13.0. The van der Waals surface area contributed by atoms with Gasteiger partial charge in [0.05, 0.1) is 5.69 Å². The molecule has 0 bridgehead atoms. The maximum Gasteiger partial charge on any atom is 0.275 e. The summed E-state index contributed by atoms with van der Waals surface area (Å²) in [6.45, 7) is 3.77. The third-order valence-electron chi connectivity index (χ3n) is 4.13. The van der Waals surface area contributed by atoms with Crippen LogP contribution < -0.4 is 5.32 Å². The Balaban J connectivity index is 1.57. The van der Waals surface area contributed by atoms with Crippen LogP contribution in [-0.4, -0.2) is 31.1 Å². The SMILES string of the molecule is Cc1ccc(NC(=O)c2csc(-c3cccc(Cl)c3)n2)cc1-n1nnnc1C. The molecule has 2 aromatic carbocycles. The van der Waals surface area contributed by atoms with Crippen molar-refractivity contribution in [2.45, 2.75) is 13.8 Å². The highest BCUT2D eigenvalue weighted by atomic mass is 35.5. The lowest BCUT2D eigenvalue weighted by molar-refractivity contribution is 0.102. The fourth-order valence-corrected chi connectivity index (χ4v) is 3.68. The number of carbonyl (C=O) groups excluding carboxylic acids is 1. The van der Waals surface area contributed by atoms with E-state index in [0.29, 0.717) is 22.2 Å². The standard InChI is InChI=1S/C19H15ClN6OS/c1-11-6-7-15(9-17(11)26-12(2)23-24-25-26)21-18(27)16-10-28-19(22-16)13-4-3-5-14(20)8-13/h3-10H,1-2H3,(H,21,27). The summed E-state index contributed by atoms with van der Waals surface area (Å²) in [4.78, 5) is 17.1. The smallest absolute Gasteiger partial charge is 0.275 e. The van der Waals surface area contributed by atoms with Crippen molar-refractivity contribution >= 4 is 34.5 Å². The number of hydrogen-bond acceptors (Lipinski definition) is 6. The minimum absolute atomic E-state index is 0.284. The second-order valence-electron chi connectivity index (χ2n) is 6.14. The first-order valence-corrected chi connectivity index (χ1v) is 9.66. The van der Waals surface area contributed by atoms with E-state index in [0.717, 1.165) is 21.8 Å². The number of aromatic nitrogens is 5. The van der Waals surface area contributed by atoms with E-state index in [-0.39, 0.29) is 5.91 Å². The molecule has 2 aromatic heterocycles. The molecule has 140 valence electrons. The highest BCUT2D eigenvalue weighted by Gasteiger charge is 2.14. The Labute approximate surface area is 170 Å². The van der Waals surface area contributed by atoms with Crippen LogP contribution in [0.25, 0.3) is 16.3 Å². The molecule has 4 aromatic rings. The van der Waals surface area contributed by atoms with Gasteiger partial charge in [0.1, 0.15) is 10.7 Å². The maximum atomic E-state index is 12.6. The van der Waals surface area contributed by atoms with Gasteiger partial charge in [-0.25, -0.2) is 4.98 Å². The van der Waals surface area contributed by atoms with Gasteiger partial charge in [0, 0.05) is 21.7 Å². The van der Waals surface area contributed by atoms with Gasteiger partial charge in [0.15, 0.2) is 5.82 Å². The molecule has 0 atom stereocenters. The van der Waals surface area contributed by atoms with Gasteiger partial charge in [0.25, 0.3) is 5.91 Å². The van der Waals surface area contributed by atoms with Crippen LogP contribution in [0.5, 0.6) is 0 Å². The first-order chi connectivity index (χ1) is 13.5. The number of nitrogens with one attached hydrogen (secondary N) is 1. The molecule has 0 saturated heterocycles. The summed E-state index contributed by atoms with van der Waals surface area (Å²) in [5, 5.41) is 17.5. The quantitative estimate of drug-likeness (QED) is 0.541. The summed E-state index contributed by atoms with van der Waals surface area (Å²) < 4.78 is 1.63. The molecule has 1 N–H and O–H groups in total. The number of benzene rings is 2. The van der Waals surface area contributed by atoms with Crippen LogP contribution in [0.2, 0.25) is 5.02 Å². The molecule has 0 unspecified atom stereocenters. The summed E-state index contributed by atoms with van der Waals surface area (Å²) >= 11 is 7.43. The number of anilines is 1. The minimum Gasteiger partial charge on any atom is -0.321 e. The predicted octanol–water partition coefficient (Wildman–Crippen LogP) is 4.31. The summed E-state index contributed by atoms with van der Waals surface area (Å²) in [6.07, 6.45) is 0. The van der Waals surface area contributed by atoms with Crippen molar-refractivity contribution in [3.05, 3.63) is 69.9 Å². The van der Waals surface area contributed by atoms with Crippen molar-refractivity contribution < 1.29 is 4.79 Å². The lowest BCUT2D eigenvalue weighted by atomic mass is 10.1. The Morgan fingerprint density at radius 2 is 2.04 bits per heavy atom. The Morgan fingerprint density at radius 3 is 2.79 bits per heavy atom. The molecule has 7 nitrogen and oxygen atoms in total. The molecule has 28 heavy (non-hydrogen) atoms. The van der Waals surface area contributed by atoms with E-state index in [2.05, 4.69) is 25.8 Å². The van der Waals surface area contributed by atoms with Gasteiger partial charge in [-0.15, -0.1) is 16.4 Å². The average molecular weight is 411 g/mol. The molecule has 0 spiro atoms.